The second-order valence-corrected chi connectivity index (χ2v) is 11.6. The van der Waals surface area contributed by atoms with Gasteiger partial charge in [0.25, 0.3) is 11.8 Å². The Morgan fingerprint density at radius 3 is 2.68 bits per heavy atom. The Morgan fingerprint density at radius 2 is 2.05 bits per heavy atom. The van der Waals surface area contributed by atoms with Crippen molar-refractivity contribution in [2.75, 3.05) is 49.6 Å². The number of halogens is 2. The van der Waals surface area contributed by atoms with Crippen LogP contribution in [0.2, 0.25) is 4.34 Å². The first-order chi connectivity index (χ1) is 17.7. The third kappa shape index (κ3) is 7.50. The van der Waals surface area contributed by atoms with Gasteiger partial charge in [0, 0.05) is 31.9 Å². The molecule has 0 bridgehead atoms. The number of nitrogens with zero attached hydrogens (tertiary/aromatic N) is 2. The van der Waals surface area contributed by atoms with Crippen molar-refractivity contribution >= 4 is 52.0 Å². The van der Waals surface area contributed by atoms with E-state index in [0.29, 0.717) is 34.2 Å². The average Bonchev–Trinajstić information content (AvgIpc) is 3.55. The predicted octanol–water partition coefficient (Wildman–Crippen LogP) is 4.01. The van der Waals surface area contributed by atoms with Gasteiger partial charge < -0.3 is 20.3 Å². The molecular formula is C26H32ClFN4O4S. The molecule has 0 spiro atoms. The Bertz CT molecular complexity index is 1140. The minimum Gasteiger partial charge on any atom is -0.370 e. The number of anilines is 2. The molecule has 1 aliphatic heterocycles. The lowest BCUT2D eigenvalue weighted by Crippen LogP contribution is -2.52. The molecule has 200 valence electrons. The molecule has 2 aromatic rings. The zero-order chi connectivity index (χ0) is 26.5. The van der Waals surface area contributed by atoms with E-state index in [1.54, 1.807) is 18.2 Å². The fraction of sp³-hybridized carbons (Fsp3) is 0.500. The summed E-state index contributed by atoms with van der Waals surface area (Å²) < 4.78 is 20.6. The average molecular weight is 551 g/mol. The van der Waals surface area contributed by atoms with E-state index < -0.39 is 11.9 Å². The number of hydrogen-bond acceptors (Lipinski definition) is 6. The zero-order valence-corrected chi connectivity index (χ0v) is 22.5. The lowest BCUT2D eigenvalue weighted by Gasteiger charge is -2.32. The molecule has 11 heteroatoms. The molecule has 3 amide bonds. The standard InChI is InChI=1S/C26H32ClFN4O4S/c1-16(2)13-31(14-17-3-4-17)21(12-29-26(35)22-7-8-23(27)37-22)25(34)30-18-5-6-20(19(28)11-18)32-9-10-36-15-24(32)33/h5-8,11,16-17,21H,3-4,9-10,12-15H2,1-2H3,(H,29,35)(H,30,34)/t21-/m1/s1. The summed E-state index contributed by atoms with van der Waals surface area (Å²) in [6.07, 6.45) is 2.24. The molecule has 1 saturated carbocycles. The summed E-state index contributed by atoms with van der Waals surface area (Å²) in [6.45, 7) is 6.22. The van der Waals surface area contributed by atoms with Gasteiger partial charge in [0.2, 0.25) is 5.91 Å². The molecule has 8 nitrogen and oxygen atoms in total. The Labute approximate surface area is 225 Å². The van der Waals surface area contributed by atoms with Crippen molar-refractivity contribution in [1.82, 2.24) is 10.2 Å². The van der Waals surface area contributed by atoms with Gasteiger partial charge in [-0.3, -0.25) is 19.3 Å². The molecule has 2 aliphatic rings. The van der Waals surface area contributed by atoms with Crippen LogP contribution in [0.5, 0.6) is 0 Å². The molecule has 1 aliphatic carbocycles. The number of nitrogens with one attached hydrogen (secondary N) is 2. The van der Waals surface area contributed by atoms with Gasteiger partial charge in [-0.2, -0.15) is 0 Å². The Morgan fingerprint density at radius 1 is 1.27 bits per heavy atom. The summed E-state index contributed by atoms with van der Waals surface area (Å²) in [5, 5.41) is 5.70. The van der Waals surface area contributed by atoms with Crippen molar-refractivity contribution in [2.24, 2.45) is 11.8 Å². The van der Waals surface area contributed by atoms with Gasteiger partial charge in [-0.25, -0.2) is 4.39 Å². The normalized spacial score (nSPS) is 16.8. The molecule has 1 saturated heterocycles. The van der Waals surface area contributed by atoms with Crippen molar-refractivity contribution in [2.45, 2.75) is 32.7 Å². The molecule has 4 rings (SSSR count). The largest absolute Gasteiger partial charge is 0.370 e. The molecule has 0 unspecified atom stereocenters. The number of amides is 3. The maximum Gasteiger partial charge on any atom is 0.261 e. The van der Waals surface area contributed by atoms with E-state index >= 15 is 0 Å². The minimum atomic E-state index is -0.647. The second-order valence-electron chi connectivity index (χ2n) is 9.87. The van der Waals surface area contributed by atoms with Crippen LogP contribution in [0, 0.1) is 17.7 Å². The lowest BCUT2D eigenvalue weighted by atomic mass is 10.1. The van der Waals surface area contributed by atoms with Gasteiger partial charge in [0.15, 0.2) is 0 Å². The molecule has 1 atom stereocenters. The summed E-state index contributed by atoms with van der Waals surface area (Å²) in [6, 6.07) is 6.94. The fourth-order valence-corrected chi connectivity index (χ4v) is 5.29. The number of rotatable bonds is 11. The fourth-order valence-electron chi connectivity index (χ4n) is 4.33. The third-order valence-electron chi connectivity index (χ3n) is 6.28. The number of ether oxygens (including phenoxy) is 1. The quantitative estimate of drug-likeness (QED) is 0.441. The molecule has 37 heavy (non-hydrogen) atoms. The van der Waals surface area contributed by atoms with Crippen molar-refractivity contribution in [3.63, 3.8) is 0 Å². The van der Waals surface area contributed by atoms with Gasteiger partial charge in [0.05, 0.1) is 21.5 Å². The number of benzene rings is 1. The molecular weight excluding hydrogens is 519 g/mol. The van der Waals surface area contributed by atoms with Crippen LogP contribution in [-0.4, -0.2) is 68.1 Å². The van der Waals surface area contributed by atoms with E-state index in [2.05, 4.69) is 29.4 Å². The van der Waals surface area contributed by atoms with Gasteiger partial charge in [-0.05, 0) is 55.0 Å². The lowest BCUT2D eigenvalue weighted by molar-refractivity contribution is -0.125. The molecule has 2 N–H and O–H groups in total. The summed E-state index contributed by atoms with van der Waals surface area (Å²) in [5.41, 5.74) is 0.434. The van der Waals surface area contributed by atoms with Gasteiger partial charge >= 0.3 is 0 Å². The number of carbonyl (C=O) groups is 3. The highest BCUT2D eigenvalue weighted by atomic mass is 35.5. The van der Waals surface area contributed by atoms with E-state index in [1.165, 1.54) is 28.4 Å². The van der Waals surface area contributed by atoms with Gasteiger partial charge in [0.1, 0.15) is 18.5 Å². The SMILES string of the molecule is CC(C)CN(CC1CC1)[C@H](CNC(=O)c1ccc(Cl)s1)C(=O)Nc1ccc(N2CCOCC2=O)c(F)c1. The summed E-state index contributed by atoms with van der Waals surface area (Å²) in [5.74, 6) is -0.706. The van der Waals surface area contributed by atoms with Crippen LogP contribution in [-0.2, 0) is 14.3 Å². The highest BCUT2D eigenvalue weighted by Crippen LogP contribution is 2.31. The Balaban J connectivity index is 1.50. The molecule has 1 aromatic carbocycles. The van der Waals surface area contributed by atoms with E-state index in [-0.39, 0.29) is 48.8 Å². The molecule has 0 radical (unpaired) electrons. The van der Waals surface area contributed by atoms with Crippen molar-refractivity contribution in [3.05, 3.63) is 45.4 Å². The van der Waals surface area contributed by atoms with Crippen LogP contribution in [0.15, 0.2) is 30.3 Å². The highest BCUT2D eigenvalue weighted by Gasteiger charge is 2.33. The van der Waals surface area contributed by atoms with Crippen LogP contribution in [0.3, 0.4) is 0 Å². The van der Waals surface area contributed by atoms with Crippen LogP contribution in [0.4, 0.5) is 15.8 Å². The van der Waals surface area contributed by atoms with Crippen LogP contribution >= 0.6 is 22.9 Å². The highest BCUT2D eigenvalue weighted by molar-refractivity contribution is 7.18. The summed E-state index contributed by atoms with van der Waals surface area (Å²) in [7, 11) is 0. The number of thiophene rings is 1. The van der Waals surface area contributed by atoms with E-state index in [9.17, 15) is 18.8 Å². The Hall–Kier alpha value is -2.53. The van der Waals surface area contributed by atoms with Gasteiger partial charge in [-0.15, -0.1) is 11.3 Å². The summed E-state index contributed by atoms with van der Waals surface area (Å²) >= 11 is 7.14. The number of hydrogen-bond donors (Lipinski definition) is 2. The summed E-state index contributed by atoms with van der Waals surface area (Å²) in [4.78, 5) is 42.2. The zero-order valence-electron chi connectivity index (χ0n) is 21.0. The van der Waals surface area contributed by atoms with Crippen molar-refractivity contribution in [3.8, 4) is 0 Å². The number of carbonyl (C=O) groups excluding carboxylic acids is 3. The second kappa shape index (κ2) is 12.3. The minimum absolute atomic E-state index is 0.0876. The van der Waals surface area contributed by atoms with Crippen LogP contribution in [0.1, 0.15) is 36.4 Å². The van der Waals surface area contributed by atoms with Crippen molar-refractivity contribution in [1.29, 1.82) is 0 Å². The first kappa shape index (κ1) is 27.5. The smallest absolute Gasteiger partial charge is 0.261 e. The monoisotopic (exact) mass is 550 g/mol. The molecule has 2 fully saturated rings. The van der Waals surface area contributed by atoms with Crippen molar-refractivity contribution < 1.29 is 23.5 Å². The predicted molar refractivity (Wildman–Crippen MR) is 143 cm³/mol. The van der Waals surface area contributed by atoms with E-state index in [0.717, 1.165) is 19.4 Å². The first-order valence-electron chi connectivity index (χ1n) is 12.5. The first-order valence-corrected chi connectivity index (χ1v) is 13.7. The maximum absolute atomic E-state index is 15.0. The van der Waals surface area contributed by atoms with E-state index in [4.69, 9.17) is 16.3 Å². The van der Waals surface area contributed by atoms with E-state index in [1.807, 2.05) is 0 Å². The Kier molecular flexibility index (Phi) is 9.17. The molecule has 1 aromatic heterocycles. The third-order valence-corrected chi connectivity index (χ3v) is 7.51. The topological polar surface area (TPSA) is 91.0 Å². The maximum atomic E-state index is 15.0. The van der Waals surface area contributed by atoms with Crippen LogP contribution < -0.4 is 15.5 Å². The number of morpholine rings is 1. The van der Waals surface area contributed by atoms with Crippen LogP contribution in [0.25, 0.3) is 0 Å². The molecule has 2 heterocycles. The van der Waals surface area contributed by atoms with Gasteiger partial charge in [-0.1, -0.05) is 25.4 Å².